The Hall–Kier alpha value is -2.13. The van der Waals surface area contributed by atoms with Gasteiger partial charge in [-0.05, 0) is 38.8 Å². The molecule has 1 N–H and O–H groups in total. The molecule has 9 nitrogen and oxygen atoms in total. The molecule has 1 amide bonds. The summed E-state index contributed by atoms with van der Waals surface area (Å²) < 4.78 is 3.91. The summed E-state index contributed by atoms with van der Waals surface area (Å²) in [5, 5.41) is 3.17. The fraction of sp³-hybridized carbons (Fsp3) is 0.647. The summed E-state index contributed by atoms with van der Waals surface area (Å²) in [4.78, 5) is 43.1. The van der Waals surface area contributed by atoms with Crippen molar-refractivity contribution in [2.45, 2.75) is 25.8 Å². The number of imidazole rings is 1. The summed E-state index contributed by atoms with van der Waals surface area (Å²) in [6.07, 6.45) is 4.61. The number of fused-ring (bicyclic) bond motifs is 1. The Morgan fingerprint density at radius 2 is 1.89 bits per heavy atom. The molecule has 0 radical (unpaired) electrons. The summed E-state index contributed by atoms with van der Waals surface area (Å²) in [5.41, 5.74) is -0.273. The third kappa shape index (κ3) is 4.08. The van der Waals surface area contributed by atoms with E-state index in [1.165, 1.54) is 17.9 Å². The van der Waals surface area contributed by atoms with Gasteiger partial charge in [-0.1, -0.05) is 0 Å². The highest BCUT2D eigenvalue weighted by molar-refractivity contribution is 5.85. The number of nitrogens with one attached hydrogen (secondary N) is 1. The second-order valence-corrected chi connectivity index (χ2v) is 6.97. The lowest BCUT2D eigenvalue weighted by Gasteiger charge is -2.32. The van der Waals surface area contributed by atoms with Crippen molar-refractivity contribution in [3.05, 3.63) is 27.2 Å². The van der Waals surface area contributed by atoms with E-state index in [2.05, 4.69) is 10.3 Å². The van der Waals surface area contributed by atoms with Gasteiger partial charge in [0.25, 0.3) is 5.56 Å². The third-order valence-electron chi connectivity index (χ3n) is 5.29. The van der Waals surface area contributed by atoms with Crippen molar-refractivity contribution in [2.75, 3.05) is 26.7 Å². The first-order valence-corrected chi connectivity index (χ1v) is 8.97. The van der Waals surface area contributed by atoms with Gasteiger partial charge in [0, 0.05) is 27.2 Å². The molecule has 1 fully saturated rings. The molecule has 27 heavy (non-hydrogen) atoms. The first-order valence-electron chi connectivity index (χ1n) is 8.97. The number of likely N-dealkylation sites (tertiary alicyclic amines) is 1. The van der Waals surface area contributed by atoms with Crippen molar-refractivity contribution in [3.63, 3.8) is 0 Å². The number of aryl methyl sites for hydroxylation is 1. The number of hydrogen-bond acceptors (Lipinski definition) is 5. The van der Waals surface area contributed by atoms with Crippen LogP contribution >= 0.6 is 12.4 Å². The van der Waals surface area contributed by atoms with Crippen molar-refractivity contribution in [1.82, 2.24) is 28.9 Å². The van der Waals surface area contributed by atoms with Crippen LogP contribution in [0.3, 0.4) is 0 Å². The minimum absolute atomic E-state index is 0. The topological polar surface area (TPSA) is 94.2 Å². The normalized spacial score (nSPS) is 15.1. The molecule has 0 bridgehead atoms. The maximum atomic E-state index is 12.7. The number of halogens is 1. The SMILES string of the molecule is CNCCC1CCN(C(=O)Cn2cnc3c2c(=O)n(C)c(=O)n3C)CC1.Cl. The first-order chi connectivity index (χ1) is 12.4. The monoisotopic (exact) mass is 398 g/mol. The predicted molar refractivity (Wildman–Crippen MR) is 105 cm³/mol. The molecule has 0 unspecified atom stereocenters. The Bertz CT molecular complexity index is 923. The summed E-state index contributed by atoms with van der Waals surface area (Å²) in [5.74, 6) is 0.634. The second kappa shape index (κ2) is 8.71. The van der Waals surface area contributed by atoms with Crippen LogP contribution in [-0.2, 0) is 25.4 Å². The number of aromatic nitrogens is 4. The zero-order chi connectivity index (χ0) is 18.8. The number of carbonyl (C=O) groups is 1. The molecular formula is C17H27ClN6O3. The molecule has 150 valence electrons. The number of rotatable bonds is 5. The van der Waals surface area contributed by atoms with E-state index in [1.54, 1.807) is 11.6 Å². The average Bonchev–Trinajstić information content (AvgIpc) is 3.07. The number of piperidine rings is 1. The lowest BCUT2D eigenvalue weighted by molar-refractivity contribution is -0.133. The molecule has 1 saturated heterocycles. The Morgan fingerprint density at radius 3 is 2.52 bits per heavy atom. The fourth-order valence-corrected chi connectivity index (χ4v) is 3.58. The molecule has 1 aliphatic rings. The van der Waals surface area contributed by atoms with Crippen LogP contribution in [0.15, 0.2) is 15.9 Å². The highest BCUT2D eigenvalue weighted by Gasteiger charge is 2.24. The van der Waals surface area contributed by atoms with Gasteiger partial charge in [0.05, 0.1) is 6.33 Å². The summed E-state index contributed by atoms with van der Waals surface area (Å²) in [6, 6.07) is 0. The predicted octanol–water partition coefficient (Wildman–Crippen LogP) is -0.296. The van der Waals surface area contributed by atoms with Gasteiger partial charge in [0.1, 0.15) is 6.54 Å². The van der Waals surface area contributed by atoms with Gasteiger partial charge >= 0.3 is 5.69 Å². The van der Waals surface area contributed by atoms with Crippen molar-refractivity contribution >= 4 is 29.5 Å². The molecule has 0 aliphatic carbocycles. The summed E-state index contributed by atoms with van der Waals surface area (Å²) in [6.45, 7) is 2.56. The van der Waals surface area contributed by atoms with Gasteiger partial charge in [0.2, 0.25) is 5.91 Å². The molecule has 0 spiro atoms. The highest BCUT2D eigenvalue weighted by atomic mass is 35.5. The van der Waals surface area contributed by atoms with Gasteiger partial charge in [-0.2, -0.15) is 0 Å². The fourth-order valence-electron chi connectivity index (χ4n) is 3.58. The van der Waals surface area contributed by atoms with Crippen molar-refractivity contribution in [3.8, 4) is 0 Å². The summed E-state index contributed by atoms with van der Waals surface area (Å²) >= 11 is 0. The van der Waals surface area contributed by atoms with Crippen LogP contribution in [0.5, 0.6) is 0 Å². The smallest absolute Gasteiger partial charge is 0.332 e. The van der Waals surface area contributed by atoms with Gasteiger partial charge in [0.15, 0.2) is 11.2 Å². The molecule has 3 rings (SSSR count). The van der Waals surface area contributed by atoms with Gasteiger partial charge < -0.3 is 14.8 Å². The molecule has 0 atom stereocenters. The quantitative estimate of drug-likeness (QED) is 0.746. The van der Waals surface area contributed by atoms with Crippen molar-refractivity contribution < 1.29 is 4.79 Å². The van der Waals surface area contributed by atoms with Crippen LogP contribution in [0.25, 0.3) is 11.2 Å². The molecule has 2 aromatic rings. The minimum atomic E-state index is -0.431. The number of amides is 1. The van der Waals surface area contributed by atoms with Crippen LogP contribution in [0.1, 0.15) is 19.3 Å². The molecule has 10 heteroatoms. The Labute approximate surface area is 163 Å². The standard InChI is InChI=1S/C17H26N6O3.ClH/c1-18-7-4-12-5-8-22(9-6-12)13(24)10-23-11-19-15-14(23)16(25)21(3)17(26)20(15)2;/h11-12,18H,4-10H2,1-3H3;1H. The maximum Gasteiger partial charge on any atom is 0.332 e. The van der Waals surface area contributed by atoms with Crippen LogP contribution in [0, 0.1) is 5.92 Å². The second-order valence-electron chi connectivity index (χ2n) is 6.97. The number of nitrogens with zero attached hydrogens (tertiary/aromatic N) is 5. The summed E-state index contributed by atoms with van der Waals surface area (Å²) in [7, 11) is 4.95. The highest BCUT2D eigenvalue weighted by Crippen LogP contribution is 2.20. The number of hydrogen-bond donors (Lipinski definition) is 1. The van der Waals surface area contributed by atoms with E-state index in [9.17, 15) is 14.4 Å². The molecule has 2 aromatic heterocycles. The van der Waals surface area contributed by atoms with E-state index in [0.717, 1.165) is 43.5 Å². The molecular weight excluding hydrogens is 372 g/mol. The van der Waals surface area contributed by atoms with E-state index in [0.29, 0.717) is 11.6 Å². The van der Waals surface area contributed by atoms with Gasteiger partial charge in [-0.3, -0.25) is 18.7 Å². The first kappa shape index (κ1) is 21.2. The van der Waals surface area contributed by atoms with Gasteiger partial charge in [-0.15, -0.1) is 12.4 Å². The maximum absolute atomic E-state index is 12.7. The molecule has 1 aliphatic heterocycles. The lowest BCUT2D eigenvalue weighted by Crippen LogP contribution is -2.41. The lowest BCUT2D eigenvalue weighted by atomic mass is 9.93. The van der Waals surface area contributed by atoms with E-state index < -0.39 is 11.2 Å². The van der Waals surface area contributed by atoms with Crippen molar-refractivity contribution in [1.29, 1.82) is 0 Å². The van der Waals surface area contributed by atoms with E-state index >= 15 is 0 Å². The Balaban J connectivity index is 0.00000261. The zero-order valence-electron chi connectivity index (χ0n) is 16.0. The largest absolute Gasteiger partial charge is 0.341 e. The molecule has 0 aromatic carbocycles. The number of carbonyl (C=O) groups excluding carboxylic acids is 1. The Kier molecular flexibility index (Phi) is 6.83. The van der Waals surface area contributed by atoms with E-state index in [4.69, 9.17) is 0 Å². The van der Waals surface area contributed by atoms with E-state index in [1.807, 2.05) is 11.9 Å². The molecule has 0 saturated carbocycles. The van der Waals surface area contributed by atoms with Gasteiger partial charge in [-0.25, -0.2) is 9.78 Å². The Morgan fingerprint density at radius 1 is 1.22 bits per heavy atom. The van der Waals surface area contributed by atoms with Crippen LogP contribution in [0.2, 0.25) is 0 Å². The van der Waals surface area contributed by atoms with Crippen LogP contribution in [0.4, 0.5) is 0 Å². The molecule has 3 heterocycles. The minimum Gasteiger partial charge on any atom is -0.341 e. The average molecular weight is 399 g/mol. The van der Waals surface area contributed by atoms with Crippen molar-refractivity contribution in [2.24, 2.45) is 20.0 Å². The third-order valence-corrected chi connectivity index (χ3v) is 5.29. The zero-order valence-corrected chi connectivity index (χ0v) is 16.8. The van der Waals surface area contributed by atoms with E-state index in [-0.39, 0.29) is 30.4 Å². The van der Waals surface area contributed by atoms with Crippen LogP contribution in [-0.4, -0.2) is 56.2 Å². The van der Waals surface area contributed by atoms with Crippen LogP contribution < -0.4 is 16.6 Å².